The van der Waals surface area contributed by atoms with Crippen LogP contribution in [0.4, 0.5) is 0 Å². The molecule has 0 saturated carbocycles. The second-order valence-electron chi connectivity index (χ2n) is 4.96. The highest BCUT2D eigenvalue weighted by molar-refractivity contribution is 5.37. The zero-order valence-electron chi connectivity index (χ0n) is 10.8. The third kappa shape index (κ3) is 2.06. The highest BCUT2D eigenvalue weighted by Crippen LogP contribution is 2.23. The Morgan fingerprint density at radius 1 is 1.39 bits per heavy atom. The number of benzene rings is 1. The lowest BCUT2D eigenvalue weighted by atomic mass is 9.94. The van der Waals surface area contributed by atoms with Gasteiger partial charge in [-0.3, -0.25) is 7.05 Å². The van der Waals surface area contributed by atoms with Crippen molar-refractivity contribution in [1.29, 1.82) is 0 Å². The van der Waals surface area contributed by atoms with Gasteiger partial charge in [0.25, 0.3) is 0 Å². The summed E-state index contributed by atoms with van der Waals surface area (Å²) in [7, 11) is 4.03. The van der Waals surface area contributed by atoms with Crippen LogP contribution in [0.25, 0.3) is 0 Å². The molecule has 0 fully saturated rings. The van der Waals surface area contributed by atoms with Gasteiger partial charge in [-0.15, -0.1) is 0 Å². The maximum absolute atomic E-state index is 4.28. The second kappa shape index (κ2) is 4.58. The quantitative estimate of drug-likeness (QED) is 0.752. The molecule has 2 aromatic rings. The van der Waals surface area contributed by atoms with E-state index in [4.69, 9.17) is 0 Å². The summed E-state index contributed by atoms with van der Waals surface area (Å²) in [4.78, 5) is 6.42. The maximum Gasteiger partial charge on any atom is 0.105 e. The van der Waals surface area contributed by atoms with E-state index in [0.29, 0.717) is 0 Å². The van der Waals surface area contributed by atoms with Crippen LogP contribution in [0.3, 0.4) is 0 Å². The Labute approximate surface area is 108 Å². The molecule has 1 aromatic heterocycles. The lowest BCUT2D eigenvalue weighted by Crippen LogP contribution is -2.26. The Morgan fingerprint density at radius 3 is 3.06 bits per heavy atom. The number of hydrogen-bond donors (Lipinski definition) is 0. The van der Waals surface area contributed by atoms with E-state index in [1.165, 1.54) is 16.7 Å². The molecule has 0 saturated heterocycles. The monoisotopic (exact) mass is 240 g/mol. The third-order valence-electron chi connectivity index (χ3n) is 3.71. The molecule has 3 rings (SSSR count). The van der Waals surface area contributed by atoms with Gasteiger partial charge >= 0.3 is 0 Å². The first kappa shape index (κ1) is 11.5. The molecule has 1 aliphatic rings. The molecule has 0 N–H and O–H groups in total. The summed E-state index contributed by atoms with van der Waals surface area (Å²) in [5.41, 5.74) is 4.35. The number of aromatic nitrogens is 2. The minimum absolute atomic E-state index is 0.923. The molecule has 0 aliphatic carbocycles. The number of aryl methyl sites for hydroxylation is 1. The first-order valence-corrected chi connectivity index (χ1v) is 6.37. The Morgan fingerprint density at radius 2 is 2.28 bits per heavy atom. The number of fused-ring (bicyclic) bond motifs is 1. The first-order valence-electron chi connectivity index (χ1n) is 6.37. The van der Waals surface area contributed by atoms with E-state index in [2.05, 4.69) is 39.7 Å². The Hall–Kier alpha value is -1.61. The fraction of sp³-hybridized carbons (Fsp3) is 0.333. The Kier molecular flexibility index (Phi) is 2.92. The van der Waals surface area contributed by atoms with Crippen molar-refractivity contribution in [3.63, 3.8) is 0 Å². The van der Waals surface area contributed by atoms with Gasteiger partial charge < -0.3 is 9.47 Å². The molecule has 3 heteroatoms. The highest BCUT2D eigenvalue weighted by atomic mass is 15.1. The van der Waals surface area contributed by atoms with Crippen LogP contribution < -0.4 is 0 Å². The minimum atomic E-state index is 0.923. The van der Waals surface area contributed by atoms with Gasteiger partial charge in [0.15, 0.2) is 0 Å². The molecule has 0 radical (unpaired) electrons. The summed E-state index contributed by atoms with van der Waals surface area (Å²) in [5, 5.41) is 0. The van der Waals surface area contributed by atoms with Crippen LogP contribution in [0.2, 0.25) is 0 Å². The van der Waals surface area contributed by atoms with Crippen molar-refractivity contribution in [2.75, 3.05) is 6.54 Å². The van der Waals surface area contributed by atoms with Crippen molar-refractivity contribution < 1.29 is 0 Å². The molecule has 18 heavy (non-hydrogen) atoms. The van der Waals surface area contributed by atoms with Crippen LogP contribution in [0.5, 0.6) is 0 Å². The van der Waals surface area contributed by atoms with Gasteiger partial charge in [0.1, 0.15) is 5.82 Å². The molecular weight excluding hydrogens is 222 g/mol. The fourth-order valence-electron chi connectivity index (χ4n) is 2.65. The van der Waals surface area contributed by atoms with Crippen molar-refractivity contribution in [1.82, 2.24) is 14.5 Å². The van der Waals surface area contributed by atoms with E-state index in [1.54, 1.807) is 0 Å². The van der Waals surface area contributed by atoms with Crippen LogP contribution in [0.1, 0.15) is 22.5 Å². The fourth-order valence-corrected chi connectivity index (χ4v) is 2.65. The number of nitrogens with zero attached hydrogens (tertiary/aromatic N) is 3. The molecule has 0 unspecified atom stereocenters. The lowest BCUT2D eigenvalue weighted by Gasteiger charge is -2.32. The summed E-state index contributed by atoms with van der Waals surface area (Å²) in [6, 6.07) is 6.60. The van der Waals surface area contributed by atoms with Crippen LogP contribution >= 0.6 is 0 Å². The largest absolute Gasteiger partial charge is 0.455 e. The average molecular weight is 240 g/mol. The molecule has 0 atom stereocenters. The predicted molar refractivity (Wildman–Crippen MR) is 72.0 cm³/mol. The van der Waals surface area contributed by atoms with E-state index in [9.17, 15) is 0 Å². The second-order valence-corrected chi connectivity index (χ2v) is 4.96. The number of rotatable bonds is 2. The Balaban J connectivity index is 1.94. The van der Waals surface area contributed by atoms with E-state index in [-0.39, 0.29) is 0 Å². The molecule has 1 aliphatic heterocycles. The molecular formula is C15H18N3-. The van der Waals surface area contributed by atoms with E-state index >= 15 is 0 Å². The van der Waals surface area contributed by atoms with E-state index < -0.39 is 0 Å². The molecule has 2 heterocycles. The number of imidazole rings is 1. The summed E-state index contributed by atoms with van der Waals surface area (Å²) in [6.45, 7) is 4.98. The van der Waals surface area contributed by atoms with Crippen molar-refractivity contribution in [3.05, 3.63) is 60.2 Å². The Bertz CT molecular complexity index is 557. The van der Waals surface area contributed by atoms with Crippen LogP contribution in [-0.2, 0) is 19.5 Å². The zero-order valence-corrected chi connectivity index (χ0v) is 10.8. The van der Waals surface area contributed by atoms with E-state index in [1.807, 2.05) is 19.3 Å². The highest BCUT2D eigenvalue weighted by Gasteiger charge is 2.13. The van der Waals surface area contributed by atoms with Gasteiger partial charge in [0.05, 0.1) is 0 Å². The van der Waals surface area contributed by atoms with Crippen molar-refractivity contribution in [2.24, 2.45) is 0 Å². The summed E-state index contributed by atoms with van der Waals surface area (Å²) in [5.74, 6) is 1.07. The minimum Gasteiger partial charge on any atom is -0.455 e. The third-order valence-corrected chi connectivity index (χ3v) is 3.71. The molecule has 0 bridgehead atoms. The van der Waals surface area contributed by atoms with Crippen LogP contribution in [-0.4, -0.2) is 21.0 Å². The van der Waals surface area contributed by atoms with Gasteiger partial charge in [0, 0.05) is 18.9 Å². The van der Waals surface area contributed by atoms with Gasteiger partial charge in [0.2, 0.25) is 0 Å². The summed E-state index contributed by atoms with van der Waals surface area (Å²) >= 11 is 0. The normalized spacial score (nSPS) is 15.7. The van der Waals surface area contributed by atoms with E-state index in [0.717, 1.165) is 31.9 Å². The standard InChI is InChI=1S/C15H18N3/c1-12-16-7-9-18(12)11-14-5-3-4-13-10-17(2)8-6-15(13)14/h3-5,7,9H,2,6,8,10-11H2,1H3/q-1. The summed E-state index contributed by atoms with van der Waals surface area (Å²) < 4.78 is 2.20. The molecule has 94 valence electrons. The molecule has 0 amide bonds. The van der Waals surface area contributed by atoms with Gasteiger partial charge in [-0.05, 0) is 43.1 Å². The SMILES string of the molecule is [CH2-]N1CCc2c(cccc2Cn2ccnc2C)C1. The molecule has 0 spiro atoms. The number of hydrogen-bond acceptors (Lipinski definition) is 2. The zero-order chi connectivity index (χ0) is 12.5. The average Bonchev–Trinajstić information content (AvgIpc) is 2.75. The van der Waals surface area contributed by atoms with Crippen molar-refractivity contribution in [2.45, 2.75) is 26.4 Å². The van der Waals surface area contributed by atoms with Gasteiger partial charge in [-0.1, -0.05) is 18.2 Å². The lowest BCUT2D eigenvalue weighted by molar-refractivity contribution is 0.346. The van der Waals surface area contributed by atoms with Crippen LogP contribution in [0, 0.1) is 14.0 Å². The molecule has 1 aromatic carbocycles. The topological polar surface area (TPSA) is 21.1 Å². The smallest absolute Gasteiger partial charge is 0.105 e. The van der Waals surface area contributed by atoms with Crippen LogP contribution in [0.15, 0.2) is 30.6 Å². The van der Waals surface area contributed by atoms with Gasteiger partial charge in [-0.2, -0.15) is 0 Å². The predicted octanol–water partition coefficient (Wildman–Crippen LogP) is 2.39. The van der Waals surface area contributed by atoms with Gasteiger partial charge in [-0.25, -0.2) is 4.98 Å². The maximum atomic E-state index is 4.28. The molecule has 3 nitrogen and oxygen atoms in total. The summed E-state index contributed by atoms with van der Waals surface area (Å²) in [6.07, 6.45) is 5.01. The van der Waals surface area contributed by atoms with Crippen molar-refractivity contribution >= 4 is 0 Å². The first-order chi connectivity index (χ1) is 8.74. The van der Waals surface area contributed by atoms with Crippen molar-refractivity contribution in [3.8, 4) is 0 Å².